The Kier molecular flexibility index (Phi) is 7.75. The van der Waals surface area contributed by atoms with E-state index in [4.69, 9.17) is 21.7 Å². The molecular weight excluding hydrogens is 574 g/mol. The second kappa shape index (κ2) is 11.8. The van der Waals surface area contributed by atoms with Crippen LogP contribution >= 0.6 is 12.2 Å². The van der Waals surface area contributed by atoms with Gasteiger partial charge in [0, 0.05) is 35.4 Å². The molecule has 0 amide bonds. The highest BCUT2D eigenvalue weighted by Crippen LogP contribution is 2.45. The summed E-state index contributed by atoms with van der Waals surface area (Å²) >= 11 is 5.95. The number of nitrogens with one attached hydrogen (secondary N) is 1. The number of ether oxygens (including phenoxy) is 2. The highest BCUT2D eigenvalue weighted by molar-refractivity contribution is 7.80. The van der Waals surface area contributed by atoms with Crippen molar-refractivity contribution in [3.63, 3.8) is 0 Å². The number of nitro benzene ring substituents is 1. The first kappa shape index (κ1) is 28.9. The third kappa shape index (κ3) is 5.24. The van der Waals surface area contributed by atoms with Gasteiger partial charge in [-0.1, -0.05) is 24.3 Å². The van der Waals surface area contributed by atoms with Crippen LogP contribution < -0.4 is 19.7 Å². The van der Waals surface area contributed by atoms with E-state index in [0.29, 0.717) is 16.5 Å². The van der Waals surface area contributed by atoms with E-state index in [9.17, 15) is 10.1 Å². The molecule has 0 unspecified atom stereocenters. The van der Waals surface area contributed by atoms with E-state index in [1.165, 1.54) is 6.07 Å². The third-order valence-electron chi connectivity index (χ3n) is 7.94. The first-order chi connectivity index (χ1) is 21.3. The molecule has 0 spiro atoms. The first-order valence-electron chi connectivity index (χ1n) is 14.1. The van der Waals surface area contributed by atoms with Crippen LogP contribution in [0, 0.1) is 30.9 Å². The molecule has 2 aromatic heterocycles. The van der Waals surface area contributed by atoms with Gasteiger partial charge in [-0.25, -0.2) is 0 Å². The van der Waals surface area contributed by atoms with Crippen molar-refractivity contribution >= 4 is 28.7 Å². The molecule has 44 heavy (non-hydrogen) atoms. The smallest absolute Gasteiger partial charge is 0.271 e. The van der Waals surface area contributed by atoms with Gasteiger partial charge in [-0.05, 0) is 98.7 Å². The van der Waals surface area contributed by atoms with E-state index < -0.39 is 4.92 Å². The summed E-state index contributed by atoms with van der Waals surface area (Å²) in [4.78, 5) is 18.0. The lowest BCUT2D eigenvalue weighted by molar-refractivity contribution is -0.384. The van der Waals surface area contributed by atoms with Crippen LogP contribution in [0.1, 0.15) is 40.3 Å². The van der Waals surface area contributed by atoms with Gasteiger partial charge in [0.05, 0.1) is 35.5 Å². The molecule has 1 aliphatic heterocycles. The number of methoxy groups -OCH3 is 1. The topological polar surface area (TPSA) is 94.7 Å². The number of benzene rings is 3. The van der Waals surface area contributed by atoms with Crippen LogP contribution in [-0.2, 0) is 0 Å². The second-order valence-corrected chi connectivity index (χ2v) is 11.0. The third-order valence-corrected chi connectivity index (χ3v) is 8.25. The lowest BCUT2D eigenvalue weighted by atomic mass is 9.96. The summed E-state index contributed by atoms with van der Waals surface area (Å²) in [5.41, 5.74) is 6.17. The Balaban J connectivity index is 1.45. The normalized spacial score (nSPS) is 16.1. The number of para-hydroxylation sites is 1. The van der Waals surface area contributed by atoms with Crippen molar-refractivity contribution in [2.75, 3.05) is 12.0 Å². The summed E-state index contributed by atoms with van der Waals surface area (Å²) in [6, 6.07) is 27.8. The van der Waals surface area contributed by atoms with Gasteiger partial charge in [0.2, 0.25) is 0 Å². The maximum Gasteiger partial charge on any atom is 0.271 e. The molecule has 0 saturated carbocycles. The van der Waals surface area contributed by atoms with E-state index in [-0.39, 0.29) is 17.8 Å². The number of nitro groups is 1. The molecule has 5 aromatic rings. The molecule has 1 N–H and O–H groups in total. The molecule has 3 heterocycles. The van der Waals surface area contributed by atoms with Crippen molar-refractivity contribution in [1.82, 2.24) is 14.9 Å². The van der Waals surface area contributed by atoms with Gasteiger partial charge in [0.15, 0.2) is 5.11 Å². The van der Waals surface area contributed by atoms with Crippen LogP contribution in [0.2, 0.25) is 0 Å². The summed E-state index contributed by atoms with van der Waals surface area (Å²) in [5, 5.41) is 15.7. The molecule has 10 heteroatoms. The van der Waals surface area contributed by atoms with Gasteiger partial charge in [0.1, 0.15) is 17.2 Å². The molecule has 0 radical (unpaired) electrons. The van der Waals surface area contributed by atoms with E-state index >= 15 is 0 Å². The first-order valence-corrected chi connectivity index (χ1v) is 14.5. The minimum atomic E-state index is -0.400. The molecule has 2 atom stereocenters. The van der Waals surface area contributed by atoms with Gasteiger partial charge >= 0.3 is 0 Å². The van der Waals surface area contributed by atoms with E-state index in [1.54, 1.807) is 25.4 Å². The number of anilines is 1. The van der Waals surface area contributed by atoms with Crippen LogP contribution in [0.4, 0.5) is 11.4 Å². The molecule has 1 fully saturated rings. The number of aryl methyl sites for hydroxylation is 2. The Morgan fingerprint density at radius 2 is 1.68 bits per heavy atom. The summed E-state index contributed by atoms with van der Waals surface area (Å²) in [6.07, 6.45) is 1.77. The number of nitrogens with zero attached hydrogens (tertiary/aromatic N) is 4. The van der Waals surface area contributed by atoms with E-state index in [2.05, 4.69) is 21.3 Å². The Morgan fingerprint density at radius 3 is 2.36 bits per heavy atom. The lowest BCUT2D eigenvalue weighted by Crippen LogP contribution is -2.29. The molecule has 0 aliphatic carbocycles. The molecular formula is C34H31N5O4S. The molecule has 222 valence electrons. The highest BCUT2D eigenvalue weighted by Gasteiger charge is 2.42. The average molecular weight is 606 g/mol. The molecule has 3 aromatic carbocycles. The number of aromatic nitrogens is 2. The highest BCUT2D eigenvalue weighted by atomic mass is 32.1. The zero-order chi connectivity index (χ0) is 31.0. The predicted octanol–water partition coefficient (Wildman–Crippen LogP) is 7.68. The Bertz CT molecular complexity index is 1860. The van der Waals surface area contributed by atoms with Gasteiger partial charge in [-0.2, -0.15) is 0 Å². The fraction of sp³-hybridized carbons (Fsp3) is 0.176. The number of non-ortho nitro benzene ring substituents is 1. The van der Waals surface area contributed by atoms with E-state index in [0.717, 1.165) is 45.4 Å². The van der Waals surface area contributed by atoms with Crippen molar-refractivity contribution < 1.29 is 14.4 Å². The molecule has 1 saturated heterocycles. The van der Waals surface area contributed by atoms with Gasteiger partial charge < -0.3 is 24.3 Å². The number of hydrogen-bond acceptors (Lipinski definition) is 6. The predicted molar refractivity (Wildman–Crippen MR) is 174 cm³/mol. The number of pyridine rings is 1. The van der Waals surface area contributed by atoms with Crippen molar-refractivity contribution in [1.29, 1.82) is 0 Å². The SMILES string of the molecule is COc1ccc([N+](=O)[O-])cc1-n1c(C)cc([C@@H]2[C@@H](c3ccccn3)NC(=S)N2c2ccc(Oc3ccccc3C)cc2)c1C. The van der Waals surface area contributed by atoms with Crippen LogP contribution in [0.25, 0.3) is 5.69 Å². The molecule has 9 nitrogen and oxygen atoms in total. The van der Waals surface area contributed by atoms with Crippen molar-refractivity contribution in [2.24, 2.45) is 0 Å². The van der Waals surface area contributed by atoms with Crippen molar-refractivity contribution in [3.05, 3.63) is 136 Å². The summed E-state index contributed by atoms with van der Waals surface area (Å²) in [6.45, 7) is 6.00. The van der Waals surface area contributed by atoms with Gasteiger partial charge in [0.25, 0.3) is 5.69 Å². The fourth-order valence-corrected chi connectivity index (χ4v) is 6.19. The maximum absolute atomic E-state index is 11.7. The quantitative estimate of drug-likeness (QED) is 0.109. The van der Waals surface area contributed by atoms with Crippen LogP contribution in [0.5, 0.6) is 17.2 Å². The summed E-state index contributed by atoms with van der Waals surface area (Å²) in [5.74, 6) is 2.05. The van der Waals surface area contributed by atoms with E-state index in [1.807, 2.05) is 92.1 Å². The standard InChI is InChI=1S/C34H31N5O4S/c1-21-9-5-6-11-30(21)43-26-15-12-24(13-16-26)38-33(32(36-34(38)44)28-10-7-8-18-35-28)27-19-22(2)37(23(27)3)29-20-25(39(40)41)14-17-31(29)42-4/h5-20,32-33H,1-4H3,(H,36,44)/t32-,33-/m1/s1. The minimum Gasteiger partial charge on any atom is -0.495 e. The zero-order valence-corrected chi connectivity index (χ0v) is 25.5. The minimum absolute atomic E-state index is 0.0143. The largest absolute Gasteiger partial charge is 0.495 e. The monoisotopic (exact) mass is 605 g/mol. The molecule has 1 aliphatic rings. The Labute approximate surface area is 260 Å². The van der Waals surface area contributed by atoms with Gasteiger partial charge in [-0.3, -0.25) is 15.1 Å². The maximum atomic E-state index is 11.7. The summed E-state index contributed by atoms with van der Waals surface area (Å²) < 4.78 is 13.8. The Hall–Kier alpha value is -5.22. The van der Waals surface area contributed by atoms with Crippen LogP contribution in [-0.4, -0.2) is 26.7 Å². The van der Waals surface area contributed by atoms with Crippen molar-refractivity contribution in [3.8, 4) is 22.9 Å². The number of thiocarbonyl (C=S) groups is 1. The number of hydrogen-bond donors (Lipinski definition) is 1. The average Bonchev–Trinajstić information content (AvgIpc) is 3.53. The second-order valence-electron chi connectivity index (χ2n) is 10.6. The van der Waals surface area contributed by atoms with Crippen LogP contribution in [0.15, 0.2) is 97.2 Å². The molecule has 6 rings (SSSR count). The van der Waals surface area contributed by atoms with Crippen LogP contribution in [0.3, 0.4) is 0 Å². The molecule has 0 bridgehead atoms. The number of rotatable bonds is 8. The van der Waals surface area contributed by atoms with Crippen molar-refractivity contribution in [2.45, 2.75) is 32.9 Å². The fourth-order valence-electron chi connectivity index (χ4n) is 5.85. The summed E-state index contributed by atoms with van der Waals surface area (Å²) in [7, 11) is 1.56. The lowest BCUT2D eigenvalue weighted by Gasteiger charge is -2.28. The van der Waals surface area contributed by atoms with Gasteiger partial charge in [-0.15, -0.1) is 0 Å². The zero-order valence-electron chi connectivity index (χ0n) is 24.7. The Morgan fingerprint density at radius 1 is 0.932 bits per heavy atom.